The minimum atomic E-state index is -1.10. The van der Waals surface area contributed by atoms with Crippen LogP contribution in [0.3, 0.4) is 0 Å². The summed E-state index contributed by atoms with van der Waals surface area (Å²) in [4.78, 5) is 12.1. The molecule has 0 saturated carbocycles. The van der Waals surface area contributed by atoms with Crippen molar-refractivity contribution in [3.05, 3.63) is 35.9 Å². The highest BCUT2D eigenvalue weighted by Crippen LogP contribution is 2.45. The van der Waals surface area contributed by atoms with Gasteiger partial charge in [0.1, 0.15) is 6.10 Å². The topological polar surface area (TPSA) is 54.0 Å². The Kier molecular flexibility index (Phi) is 3.08. The number of benzene rings is 1. The van der Waals surface area contributed by atoms with E-state index in [4.69, 9.17) is 18.9 Å². The number of carbonyl (C=O) groups is 1. The van der Waals surface area contributed by atoms with E-state index in [1.54, 1.807) is 0 Å². The minimum Gasteiger partial charge on any atom is -0.453 e. The number of hydrogen-bond donors (Lipinski definition) is 0. The summed E-state index contributed by atoms with van der Waals surface area (Å²) in [6.07, 6.45) is -0.827. The van der Waals surface area contributed by atoms with Gasteiger partial charge in [0, 0.05) is 7.11 Å². The number of cyclic esters (lactones) is 1. The lowest BCUT2D eigenvalue weighted by Gasteiger charge is -2.47. The van der Waals surface area contributed by atoms with Crippen molar-refractivity contribution in [2.75, 3.05) is 13.7 Å². The summed E-state index contributed by atoms with van der Waals surface area (Å²) >= 11 is 0. The fraction of sp³-hybridized carbons (Fsp3) is 0.533. The first-order valence-corrected chi connectivity index (χ1v) is 6.63. The first-order valence-electron chi connectivity index (χ1n) is 6.63. The predicted molar refractivity (Wildman–Crippen MR) is 69.9 cm³/mol. The molecular formula is C15H18O5. The Hall–Kier alpha value is -1.43. The lowest BCUT2D eigenvalue weighted by molar-refractivity contribution is -0.264. The zero-order chi connectivity index (χ0) is 14.4. The molecule has 2 saturated heterocycles. The number of rotatable bonds is 3. The van der Waals surface area contributed by atoms with Crippen molar-refractivity contribution < 1.29 is 23.7 Å². The third-order valence-corrected chi connectivity index (χ3v) is 3.83. The fourth-order valence-electron chi connectivity index (χ4n) is 2.83. The number of hydrogen-bond acceptors (Lipinski definition) is 5. The van der Waals surface area contributed by atoms with Gasteiger partial charge in [-0.2, -0.15) is 0 Å². The summed E-state index contributed by atoms with van der Waals surface area (Å²) in [5.41, 5.74) is -0.326. The van der Waals surface area contributed by atoms with Crippen molar-refractivity contribution in [2.24, 2.45) is 0 Å². The average Bonchev–Trinajstić information content (AvgIpc) is 2.78. The molecule has 0 aliphatic carbocycles. The van der Waals surface area contributed by atoms with Crippen molar-refractivity contribution in [3.63, 3.8) is 0 Å². The molecule has 2 heterocycles. The molecule has 20 heavy (non-hydrogen) atoms. The Morgan fingerprint density at radius 3 is 2.45 bits per heavy atom. The van der Waals surface area contributed by atoms with E-state index in [1.807, 2.05) is 44.2 Å². The van der Waals surface area contributed by atoms with Crippen LogP contribution in [0.25, 0.3) is 0 Å². The lowest BCUT2D eigenvalue weighted by atomic mass is 9.80. The van der Waals surface area contributed by atoms with Gasteiger partial charge < -0.3 is 18.9 Å². The molecule has 5 nitrogen and oxygen atoms in total. The van der Waals surface area contributed by atoms with Crippen LogP contribution >= 0.6 is 0 Å². The van der Waals surface area contributed by atoms with E-state index >= 15 is 0 Å². The third kappa shape index (κ3) is 1.85. The van der Waals surface area contributed by atoms with Crippen molar-refractivity contribution >= 4 is 5.97 Å². The number of carbonyl (C=O) groups excluding carboxylic acids is 1. The second-order valence-corrected chi connectivity index (χ2v) is 5.50. The maximum absolute atomic E-state index is 12.1. The third-order valence-electron chi connectivity index (χ3n) is 3.83. The number of esters is 1. The van der Waals surface area contributed by atoms with Gasteiger partial charge in [-0.15, -0.1) is 0 Å². The second-order valence-electron chi connectivity index (χ2n) is 5.50. The number of methoxy groups -OCH3 is 1. The van der Waals surface area contributed by atoms with Crippen LogP contribution in [-0.4, -0.2) is 37.7 Å². The van der Waals surface area contributed by atoms with E-state index in [9.17, 15) is 4.79 Å². The largest absolute Gasteiger partial charge is 0.453 e. The molecule has 3 rings (SSSR count). The van der Waals surface area contributed by atoms with Crippen LogP contribution in [-0.2, 0) is 29.3 Å². The molecule has 0 radical (unpaired) electrons. The van der Waals surface area contributed by atoms with Gasteiger partial charge in [0.05, 0.1) is 6.61 Å². The highest BCUT2D eigenvalue weighted by molar-refractivity contribution is 5.88. The smallest absolute Gasteiger partial charge is 0.347 e. The van der Waals surface area contributed by atoms with Crippen LogP contribution in [0, 0.1) is 0 Å². The van der Waals surface area contributed by atoms with Crippen LogP contribution in [0.2, 0.25) is 0 Å². The maximum Gasteiger partial charge on any atom is 0.347 e. The van der Waals surface area contributed by atoms with Crippen molar-refractivity contribution in [1.82, 2.24) is 0 Å². The first kappa shape index (κ1) is 13.5. The van der Waals surface area contributed by atoms with Crippen molar-refractivity contribution in [1.29, 1.82) is 0 Å². The van der Waals surface area contributed by atoms with Gasteiger partial charge in [0.25, 0.3) is 0 Å². The van der Waals surface area contributed by atoms with Gasteiger partial charge in [0.2, 0.25) is 5.60 Å². The molecule has 2 aliphatic rings. The highest BCUT2D eigenvalue weighted by atomic mass is 16.8. The fourth-order valence-corrected chi connectivity index (χ4v) is 2.83. The molecule has 3 atom stereocenters. The van der Waals surface area contributed by atoms with Crippen LogP contribution in [0.4, 0.5) is 0 Å². The average molecular weight is 278 g/mol. The molecule has 2 fully saturated rings. The quantitative estimate of drug-likeness (QED) is 0.786. The molecule has 0 unspecified atom stereocenters. The van der Waals surface area contributed by atoms with Crippen molar-refractivity contribution in [2.45, 2.75) is 37.4 Å². The lowest BCUT2D eigenvalue weighted by Crippen LogP contribution is -2.66. The highest BCUT2D eigenvalue weighted by Gasteiger charge is 2.65. The normalized spacial score (nSPS) is 35.5. The monoisotopic (exact) mass is 278 g/mol. The molecule has 5 heteroatoms. The van der Waals surface area contributed by atoms with E-state index in [1.165, 1.54) is 7.11 Å². The SMILES string of the molecule is CO[C@]1(c2ccccc2)C(=O)O[C@H]1[C@H]1COC(C)(C)O1. The Labute approximate surface area is 117 Å². The molecule has 1 aromatic rings. The summed E-state index contributed by atoms with van der Waals surface area (Å²) in [6, 6.07) is 9.35. The molecule has 0 bridgehead atoms. The summed E-state index contributed by atoms with van der Waals surface area (Å²) in [5.74, 6) is -1.05. The minimum absolute atomic E-state index is 0.331. The Bertz CT molecular complexity index is 512. The first-order chi connectivity index (χ1) is 9.49. The molecule has 0 N–H and O–H groups in total. The van der Waals surface area contributed by atoms with E-state index < -0.39 is 17.5 Å². The van der Waals surface area contributed by atoms with E-state index in [-0.39, 0.29) is 12.1 Å². The van der Waals surface area contributed by atoms with Gasteiger partial charge in [-0.1, -0.05) is 30.3 Å². The Balaban J connectivity index is 1.91. The Morgan fingerprint density at radius 1 is 1.25 bits per heavy atom. The predicted octanol–water partition coefficient (Wildman–Crippen LogP) is 1.61. The standard InChI is InChI=1S/C15H18O5/c1-14(2)18-9-11(20-14)12-15(17-3,13(16)19-12)10-7-5-4-6-8-10/h4-8,11-12H,9H2,1-3H3/t11-,12+,15+/m1/s1. The van der Waals surface area contributed by atoms with Gasteiger partial charge in [-0.25, -0.2) is 4.79 Å². The van der Waals surface area contributed by atoms with Crippen LogP contribution in [0.15, 0.2) is 30.3 Å². The van der Waals surface area contributed by atoms with E-state index in [0.29, 0.717) is 6.61 Å². The van der Waals surface area contributed by atoms with Gasteiger partial charge in [-0.3, -0.25) is 0 Å². The molecule has 0 aromatic heterocycles. The summed E-state index contributed by atoms with van der Waals surface area (Å²) < 4.78 is 22.2. The zero-order valence-electron chi connectivity index (χ0n) is 11.8. The van der Waals surface area contributed by atoms with Crippen LogP contribution in [0.5, 0.6) is 0 Å². The summed E-state index contributed by atoms with van der Waals surface area (Å²) in [5, 5.41) is 0. The Morgan fingerprint density at radius 2 is 1.95 bits per heavy atom. The molecule has 2 aliphatic heterocycles. The molecule has 1 aromatic carbocycles. The van der Waals surface area contributed by atoms with E-state index in [0.717, 1.165) is 5.56 Å². The van der Waals surface area contributed by atoms with Crippen LogP contribution in [0.1, 0.15) is 19.4 Å². The van der Waals surface area contributed by atoms with Crippen LogP contribution < -0.4 is 0 Å². The summed E-state index contributed by atoms with van der Waals surface area (Å²) in [7, 11) is 1.52. The molecule has 0 spiro atoms. The summed E-state index contributed by atoms with van der Waals surface area (Å²) in [6.45, 7) is 4.05. The molecule has 0 amide bonds. The number of ether oxygens (including phenoxy) is 4. The van der Waals surface area contributed by atoms with E-state index in [2.05, 4.69) is 0 Å². The maximum atomic E-state index is 12.1. The molecule has 108 valence electrons. The second kappa shape index (κ2) is 4.55. The molecular weight excluding hydrogens is 260 g/mol. The van der Waals surface area contributed by atoms with Gasteiger partial charge >= 0.3 is 5.97 Å². The zero-order valence-corrected chi connectivity index (χ0v) is 11.8. The van der Waals surface area contributed by atoms with Gasteiger partial charge in [0.15, 0.2) is 11.9 Å². The van der Waals surface area contributed by atoms with Crippen molar-refractivity contribution in [3.8, 4) is 0 Å². The van der Waals surface area contributed by atoms with Gasteiger partial charge in [-0.05, 0) is 19.4 Å².